The molecule has 0 bridgehead atoms. The van der Waals surface area contributed by atoms with Gasteiger partial charge in [0, 0.05) is 42.8 Å². The molecule has 8 nitrogen and oxygen atoms in total. The highest BCUT2D eigenvalue weighted by Gasteiger charge is 2.17. The Morgan fingerprint density at radius 3 is 2.56 bits per heavy atom. The van der Waals surface area contributed by atoms with Gasteiger partial charge in [-0.2, -0.15) is 0 Å². The van der Waals surface area contributed by atoms with Crippen molar-refractivity contribution in [1.82, 2.24) is 10.3 Å². The maximum absolute atomic E-state index is 11.7. The number of hydrogen-bond donors (Lipinski definition) is 2. The second-order valence-electron chi connectivity index (χ2n) is 5.51. The highest BCUT2D eigenvalue weighted by molar-refractivity contribution is 5.95. The summed E-state index contributed by atoms with van der Waals surface area (Å²) in [5.74, 6) is 0.802. The van der Waals surface area contributed by atoms with Crippen molar-refractivity contribution in [1.29, 1.82) is 0 Å². The molecule has 0 saturated carbocycles. The molecule has 1 aromatic heterocycles. The largest absolute Gasteiger partial charge is 0.457 e. The molecule has 136 valence electrons. The van der Waals surface area contributed by atoms with E-state index in [9.17, 15) is 14.9 Å². The van der Waals surface area contributed by atoms with Gasteiger partial charge in [-0.15, -0.1) is 0 Å². The molecule has 27 heavy (non-hydrogen) atoms. The summed E-state index contributed by atoms with van der Waals surface area (Å²) >= 11 is 0. The van der Waals surface area contributed by atoms with Crippen molar-refractivity contribution in [2.75, 3.05) is 12.4 Å². The van der Waals surface area contributed by atoms with Crippen LogP contribution in [0.5, 0.6) is 11.5 Å². The normalized spacial score (nSPS) is 10.1. The molecular formula is C19H16N4O4. The summed E-state index contributed by atoms with van der Waals surface area (Å²) < 4.78 is 5.73. The maximum atomic E-state index is 11.7. The first kappa shape index (κ1) is 17.9. The van der Waals surface area contributed by atoms with E-state index in [0.717, 1.165) is 0 Å². The number of nitrogens with one attached hydrogen (secondary N) is 2. The lowest BCUT2D eigenvalue weighted by molar-refractivity contribution is -0.383. The minimum Gasteiger partial charge on any atom is -0.457 e. The fourth-order valence-corrected chi connectivity index (χ4v) is 2.41. The smallest absolute Gasteiger partial charge is 0.293 e. The average Bonchev–Trinajstić information content (AvgIpc) is 2.68. The predicted molar refractivity (Wildman–Crippen MR) is 101 cm³/mol. The fraction of sp³-hybridized carbons (Fsp3) is 0.0526. The standard InChI is InChI=1S/C19H16N4O4/c1-20-19(24)13-5-6-17(18(11-13)23(25)26)22-14-3-2-4-16(12-14)27-15-7-9-21-10-8-15/h2-12,22H,1H3,(H,20,24). The van der Waals surface area contributed by atoms with Crippen LogP contribution in [0.3, 0.4) is 0 Å². The molecule has 0 aliphatic heterocycles. The maximum Gasteiger partial charge on any atom is 0.293 e. The monoisotopic (exact) mass is 364 g/mol. The number of pyridine rings is 1. The van der Waals surface area contributed by atoms with Crippen LogP contribution >= 0.6 is 0 Å². The topological polar surface area (TPSA) is 106 Å². The molecule has 0 unspecified atom stereocenters. The highest BCUT2D eigenvalue weighted by atomic mass is 16.6. The van der Waals surface area contributed by atoms with Crippen LogP contribution in [0, 0.1) is 10.1 Å². The lowest BCUT2D eigenvalue weighted by Crippen LogP contribution is -2.17. The number of nitrogens with zero attached hydrogens (tertiary/aromatic N) is 2. The Hall–Kier alpha value is -3.94. The molecule has 1 amide bonds. The Bertz CT molecular complexity index is 976. The third-order valence-electron chi connectivity index (χ3n) is 3.68. The number of hydrogen-bond acceptors (Lipinski definition) is 6. The zero-order valence-corrected chi connectivity index (χ0v) is 14.4. The third-order valence-corrected chi connectivity index (χ3v) is 3.68. The Kier molecular flexibility index (Phi) is 5.27. The number of anilines is 2. The summed E-state index contributed by atoms with van der Waals surface area (Å²) in [6.45, 7) is 0. The van der Waals surface area contributed by atoms with Crippen LogP contribution in [0.1, 0.15) is 10.4 Å². The minimum atomic E-state index is -0.536. The molecule has 3 rings (SSSR count). The zero-order valence-electron chi connectivity index (χ0n) is 14.4. The Balaban J connectivity index is 1.85. The van der Waals surface area contributed by atoms with Gasteiger partial charge in [0.25, 0.3) is 11.6 Å². The van der Waals surface area contributed by atoms with E-state index in [2.05, 4.69) is 15.6 Å². The van der Waals surface area contributed by atoms with Gasteiger partial charge in [-0.05, 0) is 36.4 Å². The Morgan fingerprint density at radius 1 is 1.07 bits per heavy atom. The van der Waals surface area contributed by atoms with Gasteiger partial charge < -0.3 is 15.4 Å². The summed E-state index contributed by atoms with van der Waals surface area (Å²) in [4.78, 5) is 26.5. The number of carbonyl (C=O) groups excluding carboxylic acids is 1. The lowest BCUT2D eigenvalue weighted by atomic mass is 10.1. The van der Waals surface area contributed by atoms with E-state index in [1.54, 1.807) is 48.8 Å². The second-order valence-corrected chi connectivity index (χ2v) is 5.51. The highest BCUT2D eigenvalue weighted by Crippen LogP contribution is 2.31. The third kappa shape index (κ3) is 4.37. The van der Waals surface area contributed by atoms with Gasteiger partial charge in [-0.1, -0.05) is 6.07 Å². The summed E-state index contributed by atoms with van der Waals surface area (Å²) in [6.07, 6.45) is 3.24. The minimum absolute atomic E-state index is 0.198. The molecule has 0 radical (unpaired) electrons. The SMILES string of the molecule is CNC(=O)c1ccc(Nc2cccc(Oc3ccncc3)c2)c([N+](=O)[O-])c1. The summed E-state index contributed by atoms with van der Waals surface area (Å²) in [5, 5.41) is 16.8. The molecule has 3 aromatic rings. The molecule has 2 aromatic carbocycles. The quantitative estimate of drug-likeness (QED) is 0.508. The van der Waals surface area contributed by atoms with Crippen LogP contribution in [0.15, 0.2) is 67.0 Å². The number of rotatable bonds is 6. The van der Waals surface area contributed by atoms with Crippen LogP contribution in [-0.2, 0) is 0 Å². The first-order chi connectivity index (χ1) is 13.1. The van der Waals surface area contributed by atoms with Crippen molar-refractivity contribution in [3.63, 3.8) is 0 Å². The van der Waals surface area contributed by atoms with Crippen molar-refractivity contribution >= 4 is 23.0 Å². The molecular weight excluding hydrogens is 348 g/mol. The second kappa shape index (κ2) is 7.96. The van der Waals surface area contributed by atoms with Crippen molar-refractivity contribution in [3.8, 4) is 11.5 Å². The summed E-state index contributed by atoms with van der Waals surface area (Å²) in [5.41, 5.74) is 0.895. The van der Waals surface area contributed by atoms with E-state index in [-0.39, 0.29) is 16.9 Å². The Morgan fingerprint density at radius 2 is 1.85 bits per heavy atom. The zero-order chi connectivity index (χ0) is 19.2. The van der Waals surface area contributed by atoms with Crippen LogP contribution in [0.4, 0.5) is 17.1 Å². The van der Waals surface area contributed by atoms with Crippen LogP contribution in [-0.4, -0.2) is 22.9 Å². The van der Waals surface area contributed by atoms with Gasteiger partial charge >= 0.3 is 0 Å². The molecule has 0 saturated heterocycles. The van der Waals surface area contributed by atoms with E-state index in [4.69, 9.17) is 4.74 Å². The Labute approximate surface area is 155 Å². The molecule has 2 N–H and O–H groups in total. The number of aromatic nitrogens is 1. The average molecular weight is 364 g/mol. The number of nitro benzene ring substituents is 1. The number of ether oxygens (including phenoxy) is 1. The molecule has 0 aliphatic rings. The predicted octanol–water partition coefficient (Wildman–Crippen LogP) is 3.89. The van der Waals surface area contributed by atoms with Crippen molar-refractivity contribution in [2.24, 2.45) is 0 Å². The number of nitro groups is 1. The first-order valence-corrected chi connectivity index (χ1v) is 8.02. The number of amides is 1. The van der Waals surface area contributed by atoms with E-state index in [0.29, 0.717) is 17.2 Å². The molecule has 1 heterocycles. The summed E-state index contributed by atoms with van der Waals surface area (Å²) in [6, 6.07) is 14.7. The molecule has 0 aliphatic carbocycles. The van der Waals surface area contributed by atoms with Crippen LogP contribution < -0.4 is 15.4 Å². The molecule has 0 fully saturated rings. The van der Waals surface area contributed by atoms with E-state index < -0.39 is 10.8 Å². The molecule has 0 atom stereocenters. The van der Waals surface area contributed by atoms with Crippen molar-refractivity contribution < 1.29 is 14.5 Å². The number of benzene rings is 2. The van der Waals surface area contributed by atoms with Gasteiger partial charge in [0.2, 0.25) is 0 Å². The van der Waals surface area contributed by atoms with Gasteiger partial charge in [-0.25, -0.2) is 0 Å². The van der Waals surface area contributed by atoms with Gasteiger partial charge in [-0.3, -0.25) is 19.9 Å². The van der Waals surface area contributed by atoms with Crippen LogP contribution in [0.25, 0.3) is 0 Å². The van der Waals surface area contributed by atoms with E-state index >= 15 is 0 Å². The number of carbonyl (C=O) groups is 1. The van der Waals surface area contributed by atoms with Crippen molar-refractivity contribution in [2.45, 2.75) is 0 Å². The molecule has 8 heteroatoms. The van der Waals surface area contributed by atoms with E-state index in [1.165, 1.54) is 25.2 Å². The summed E-state index contributed by atoms with van der Waals surface area (Å²) in [7, 11) is 1.47. The van der Waals surface area contributed by atoms with E-state index in [1.807, 2.05) is 0 Å². The van der Waals surface area contributed by atoms with Crippen LogP contribution in [0.2, 0.25) is 0 Å². The van der Waals surface area contributed by atoms with Gasteiger partial charge in [0.1, 0.15) is 17.2 Å². The van der Waals surface area contributed by atoms with Crippen molar-refractivity contribution in [3.05, 3.63) is 82.7 Å². The fourth-order valence-electron chi connectivity index (χ4n) is 2.41. The molecule has 0 spiro atoms. The van der Waals surface area contributed by atoms with Gasteiger partial charge in [0.15, 0.2) is 0 Å². The first-order valence-electron chi connectivity index (χ1n) is 8.02. The lowest BCUT2D eigenvalue weighted by Gasteiger charge is -2.10. The van der Waals surface area contributed by atoms with Gasteiger partial charge in [0.05, 0.1) is 4.92 Å².